The number of nitrogens with one attached hydrogen (secondary N) is 1. The zero-order chi connectivity index (χ0) is 14.6. The van der Waals surface area contributed by atoms with E-state index < -0.39 is 5.60 Å². The minimum atomic E-state index is -0.481. The van der Waals surface area contributed by atoms with Crippen LogP contribution in [0.2, 0.25) is 0 Å². The molecular weight excluding hydrogens is 274 g/mol. The van der Waals surface area contributed by atoms with Crippen LogP contribution in [0.4, 0.5) is 4.79 Å². The molecule has 0 unspecified atom stereocenters. The molecule has 1 N–H and O–H groups in total. The van der Waals surface area contributed by atoms with Gasteiger partial charge in [0.2, 0.25) is 0 Å². The van der Waals surface area contributed by atoms with Gasteiger partial charge in [-0.2, -0.15) is 0 Å². The average Bonchev–Trinajstić information content (AvgIpc) is 2.75. The molecule has 1 fully saturated rings. The molecule has 1 aromatic rings. The largest absolute Gasteiger partial charge is 0.444 e. The number of rotatable bonds is 3. The normalized spacial score (nSPS) is 22.6. The monoisotopic (exact) mass is 295 g/mol. The van der Waals surface area contributed by atoms with Crippen LogP contribution in [-0.4, -0.2) is 36.2 Å². The van der Waals surface area contributed by atoms with Crippen LogP contribution in [0.15, 0.2) is 35.2 Å². The number of benzene rings is 1. The highest BCUT2D eigenvalue weighted by atomic mass is 32.2. The van der Waals surface area contributed by atoms with Gasteiger partial charge in [-0.25, -0.2) is 4.79 Å². The maximum atomic E-state index is 11.8. The van der Waals surface area contributed by atoms with E-state index in [0.29, 0.717) is 13.2 Å². The number of thioether (sulfide) groups is 1. The van der Waals surface area contributed by atoms with Crippen molar-refractivity contribution in [1.82, 2.24) is 5.32 Å². The number of hydrogen-bond acceptors (Lipinski definition) is 4. The van der Waals surface area contributed by atoms with Crippen molar-refractivity contribution >= 4 is 17.9 Å². The van der Waals surface area contributed by atoms with Crippen LogP contribution < -0.4 is 5.32 Å². The molecule has 1 amide bonds. The maximum Gasteiger partial charge on any atom is 0.407 e. The third-order valence-corrected chi connectivity index (χ3v) is 4.07. The maximum absolute atomic E-state index is 11.8. The summed E-state index contributed by atoms with van der Waals surface area (Å²) in [5, 5.41) is 3.11. The van der Waals surface area contributed by atoms with Gasteiger partial charge >= 0.3 is 6.09 Å². The third-order valence-electron chi connectivity index (χ3n) is 2.76. The van der Waals surface area contributed by atoms with Crippen LogP contribution in [0.1, 0.15) is 20.8 Å². The first-order chi connectivity index (χ1) is 9.44. The van der Waals surface area contributed by atoms with Crippen molar-refractivity contribution in [3.8, 4) is 0 Å². The molecule has 1 aromatic carbocycles. The minimum absolute atomic E-state index is 0.0185. The first-order valence-corrected chi connectivity index (χ1v) is 7.61. The SMILES string of the molecule is CC(C)(C)OC(=O)N[C@@H]1COC[C@@H]1Sc1ccccc1. The molecule has 1 saturated heterocycles. The minimum Gasteiger partial charge on any atom is -0.444 e. The summed E-state index contributed by atoms with van der Waals surface area (Å²) in [5.41, 5.74) is -0.481. The zero-order valence-electron chi connectivity index (χ0n) is 12.1. The molecule has 2 rings (SSSR count). The van der Waals surface area contributed by atoms with Crippen LogP contribution in [0.5, 0.6) is 0 Å². The molecule has 0 radical (unpaired) electrons. The van der Waals surface area contributed by atoms with Gasteiger partial charge in [0.1, 0.15) is 5.60 Å². The van der Waals surface area contributed by atoms with Gasteiger partial charge in [-0.3, -0.25) is 0 Å². The lowest BCUT2D eigenvalue weighted by molar-refractivity contribution is 0.0499. The Bertz CT molecular complexity index is 444. The molecule has 0 spiro atoms. The molecule has 1 heterocycles. The number of alkyl carbamates (subject to hydrolysis) is 1. The number of carbonyl (C=O) groups excluding carboxylic acids is 1. The van der Waals surface area contributed by atoms with Gasteiger partial charge < -0.3 is 14.8 Å². The second kappa shape index (κ2) is 6.50. The summed E-state index contributed by atoms with van der Waals surface area (Å²) in [6.07, 6.45) is -0.383. The van der Waals surface area contributed by atoms with Crippen LogP contribution >= 0.6 is 11.8 Å². The van der Waals surface area contributed by atoms with Gasteiger partial charge in [0.25, 0.3) is 0 Å². The number of amides is 1. The van der Waals surface area contributed by atoms with Gasteiger partial charge in [0, 0.05) is 4.90 Å². The van der Waals surface area contributed by atoms with Crippen LogP contribution in [0.25, 0.3) is 0 Å². The van der Waals surface area contributed by atoms with E-state index >= 15 is 0 Å². The fourth-order valence-corrected chi connectivity index (χ4v) is 3.06. The molecule has 1 aliphatic rings. The third kappa shape index (κ3) is 4.72. The Morgan fingerprint density at radius 2 is 2.00 bits per heavy atom. The Morgan fingerprint density at radius 1 is 1.30 bits per heavy atom. The van der Waals surface area contributed by atoms with Crippen LogP contribution in [-0.2, 0) is 9.47 Å². The van der Waals surface area contributed by atoms with E-state index in [1.165, 1.54) is 4.90 Å². The second-order valence-electron chi connectivity index (χ2n) is 5.76. The van der Waals surface area contributed by atoms with Crippen molar-refractivity contribution in [3.05, 3.63) is 30.3 Å². The van der Waals surface area contributed by atoms with Gasteiger partial charge in [-0.05, 0) is 32.9 Å². The van der Waals surface area contributed by atoms with Crippen LogP contribution in [0, 0.1) is 0 Å². The van der Waals surface area contributed by atoms with Gasteiger partial charge in [-0.1, -0.05) is 18.2 Å². The molecule has 4 nitrogen and oxygen atoms in total. The Hall–Kier alpha value is -1.20. The number of ether oxygens (including phenoxy) is 2. The Kier molecular flexibility index (Phi) is 4.94. The van der Waals surface area contributed by atoms with E-state index in [9.17, 15) is 4.79 Å². The van der Waals surface area contributed by atoms with Crippen molar-refractivity contribution in [2.75, 3.05) is 13.2 Å². The summed E-state index contributed by atoms with van der Waals surface area (Å²) in [6, 6.07) is 10.1. The van der Waals surface area contributed by atoms with E-state index in [1.54, 1.807) is 11.8 Å². The molecular formula is C15H21NO3S. The predicted octanol–water partition coefficient (Wildman–Crippen LogP) is 3.07. The summed E-state index contributed by atoms with van der Waals surface area (Å²) in [7, 11) is 0. The lowest BCUT2D eigenvalue weighted by Crippen LogP contribution is -2.43. The fraction of sp³-hybridized carbons (Fsp3) is 0.533. The fourth-order valence-electron chi connectivity index (χ4n) is 1.92. The van der Waals surface area contributed by atoms with E-state index in [1.807, 2.05) is 39.0 Å². The van der Waals surface area contributed by atoms with Crippen molar-refractivity contribution in [1.29, 1.82) is 0 Å². The number of carbonyl (C=O) groups is 1. The lowest BCUT2D eigenvalue weighted by Gasteiger charge is -2.23. The molecule has 2 atom stereocenters. The van der Waals surface area contributed by atoms with Gasteiger partial charge in [0.15, 0.2) is 0 Å². The molecule has 0 aliphatic carbocycles. The van der Waals surface area contributed by atoms with E-state index in [0.717, 1.165) is 0 Å². The molecule has 0 saturated carbocycles. The highest BCUT2D eigenvalue weighted by Crippen LogP contribution is 2.28. The summed E-state index contributed by atoms with van der Waals surface area (Å²) in [5.74, 6) is 0. The first kappa shape index (κ1) is 15.2. The smallest absolute Gasteiger partial charge is 0.407 e. The lowest BCUT2D eigenvalue weighted by atomic mass is 10.2. The summed E-state index contributed by atoms with van der Waals surface area (Å²) in [6.45, 7) is 6.74. The van der Waals surface area contributed by atoms with Crippen molar-refractivity contribution < 1.29 is 14.3 Å². The molecule has 1 aliphatic heterocycles. The van der Waals surface area contributed by atoms with E-state index in [-0.39, 0.29) is 17.4 Å². The van der Waals surface area contributed by atoms with Crippen molar-refractivity contribution in [3.63, 3.8) is 0 Å². The topological polar surface area (TPSA) is 47.6 Å². The Morgan fingerprint density at radius 3 is 2.65 bits per heavy atom. The Labute approximate surface area is 124 Å². The molecule has 0 aromatic heterocycles. The van der Waals surface area contributed by atoms with Gasteiger partial charge in [-0.15, -0.1) is 11.8 Å². The van der Waals surface area contributed by atoms with Crippen LogP contribution in [0.3, 0.4) is 0 Å². The average molecular weight is 295 g/mol. The number of hydrogen-bond donors (Lipinski definition) is 1. The quantitative estimate of drug-likeness (QED) is 0.931. The van der Waals surface area contributed by atoms with Crippen molar-refractivity contribution in [2.24, 2.45) is 0 Å². The summed E-state index contributed by atoms with van der Waals surface area (Å²) < 4.78 is 10.8. The van der Waals surface area contributed by atoms with Crippen molar-refractivity contribution in [2.45, 2.75) is 42.6 Å². The standard InChI is InChI=1S/C15H21NO3S/c1-15(2,3)19-14(17)16-12-9-18-10-13(12)20-11-7-5-4-6-8-11/h4-8,12-13H,9-10H2,1-3H3,(H,16,17)/t12-,13+/m1/s1. The molecule has 5 heteroatoms. The zero-order valence-corrected chi connectivity index (χ0v) is 12.9. The molecule has 0 bridgehead atoms. The van der Waals surface area contributed by atoms with Gasteiger partial charge in [0.05, 0.1) is 24.5 Å². The molecule has 20 heavy (non-hydrogen) atoms. The molecule has 110 valence electrons. The second-order valence-corrected chi connectivity index (χ2v) is 7.07. The first-order valence-electron chi connectivity index (χ1n) is 6.73. The Balaban J connectivity index is 1.89. The van der Waals surface area contributed by atoms with E-state index in [2.05, 4.69) is 17.4 Å². The predicted molar refractivity (Wildman–Crippen MR) is 80.1 cm³/mol. The van der Waals surface area contributed by atoms with E-state index in [4.69, 9.17) is 9.47 Å². The highest BCUT2D eigenvalue weighted by Gasteiger charge is 2.31. The summed E-state index contributed by atoms with van der Waals surface area (Å²) in [4.78, 5) is 13.0. The highest BCUT2D eigenvalue weighted by molar-refractivity contribution is 8.00. The summed E-state index contributed by atoms with van der Waals surface area (Å²) >= 11 is 1.72.